The molecule has 1 N–H and O–H groups in total. The zero-order valence-electron chi connectivity index (χ0n) is 16.8. The Bertz CT molecular complexity index is 897. The molecule has 0 fully saturated rings. The lowest BCUT2D eigenvalue weighted by molar-refractivity contribution is 0.0921. The SMILES string of the molecule is CB(C)SCCOCn1c(-c2ccccc2)nc(C)c1-c1cccc(CO)c1. The maximum atomic E-state index is 9.53. The number of hydrogen-bond donors (Lipinski definition) is 1. The van der Waals surface area contributed by atoms with Crippen molar-refractivity contribution in [2.45, 2.75) is 33.9 Å². The lowest BCUT2D eigenvalue weighted by Crippen LogP contribution is -2.09. The molecule has 28 heavy (non-hydrogen) atoms. The van der Waals surface area contributed by atoms with Crippen molar-refractivity contribution in [2.75, 3.05) is 12.4 Å². The van der Waals surface area contributed by atoms with E-state index in [1.807, 2.05) is 54.9 Å². The Labute approximate surface area is 171 Å². The zero-order valence-corrected chi connectivity index (χ0v) is 17.6. The zero-order chi connectivity index (χ0) is 19.9. The summed E-state index contributed by atoms with van der Waals surface area (Å²) in [6, 6.07) is 18.2. The van der Waals surface area contributed by atoms with Gasteiger partial charge in [0.15, 0.2) is 0 Å². The van der Waals surface area contributed by atoms with Crippen LogP contribution < -0.4 is 0 Å². The van der Waals surface area contributed by atoms with Crippen LogP contribution in [-0.4, -0.2) is 33.0 Å². The van der Waals surface area contributed by atoms with Crippen molar-refractivity contribution in [3.8, 4) is 22.6 Å². The molecule has 2 aromatic carbocycles. The molecule has 0 unspecified atom stereocenters. The van der Waals surface area contributed by atoms with Gasteiger partial charge in [-0.05, 0) is 18.6 Å². The first kappa shape index (κ1) is 20.7. The molecule has 0 atom stereocenters. The molecule has 0 amide bonds. The van der Waals surface area contributed by atoms with E-state index in [0.29, 0.717) is 19.3 Å². The molecule has 1 aromatic heterocycles. The average Bonchev–Trinajstić information content (AvgIpc) is 3.04. The summed E-state index contributed by atoms with van der Waals surface area (Å²) in [7, 11) is 0. The largest absolute Gasteiger partial charge is 0.392 e. The van der Waals surface area contributed by atoms with E-state index in [1.54, 1.807) is 0 Å². The Morgan fingerprint density at radius 2 is 1.82 bits per heavy atom. The number of aromatic nitrogens is 2. The molecule has 0 saturated carbocycles. The van der Waals surface area contributed by atoms with Gasteiger partial charge < -0.3 is 9.84 Å². The van der Waals surface area contributed by atoms with Crippen molar-refractivity contribution < 1.29 is 9.84 Å². The van der Waals surface area contributed by atoms with Gasteiger partial charge in [-0.15, -0.1) is 0 Å². The first-order chi connectivity index (χ1) is 13.6. The summed E-state index contributed by atoms with van der Waals surface area (Å²) >= 11 is 1.90. The van der Waals surface area contributed by atoms with Gasteiger partial charge in [0.05, 0.1) is 24.6 Å². The van der Waals surface area contributed by atoms with Crippen LogP contribution in [0.15, 0.2) is 54.6 Å². The highest BCUT2D eigenvalue weighted by atomic mass is 32.2. The predicted octanol–water partition coefficient (Wildman–Crippen LogP) is 4.98. The molecule has 1 heterocycles. The molecule has 146 valence electrons. The van der Waals surface area contributed by atoms with Gasteiger partial charge >= 0.3 is 0 Å². The molecule has 0 saturated heterocycles. The topological polar surface area (TPSA) is 47.3 Å². The van der Waals surface area contributed by atoms with E-state index in [1.165, 1.54) is 0 Å². The van der Waals surface area contributed by atoms with Crippen LogP contribution >= 0.6 is 11.6 Å². The number of benzene rings is 2. The molecule has 0 aliphatic heterocycles. The first-order valence-corrected chi connectivity index (χ1v) is 10.7. The molecular weight excluding hydrogens is 367 g/mol. The molecule has 0 spiro atoms. The summed E-state index contributed by atoms with van der Waals surface area (Å²) in [5.74, 6) is 2.48. The Kier molecular flexibility index (Phi) is 7.37. The normalized spacial score (nSPS) is 11.0. The number of nitrogens with zero attached hydrogens (tertiary/aromatic N) is 2. The van der Waals surface area contributed by atoms with Crippen molar-refractivity contribution in [3.63, 3.8) is 0 Å². The van der Waals surface area contributed by atoms with Crippen LogP contribution in [0.1, 0.15) is 11.3 Å². The third-order valence-corrected chi connectivity index (χ3v) is 5.53. The van der Waals surface area contributed by atoms with Crippen LogP contribution in [0, 0.1) is 6.92 Å². The van der Waals surface area contributed by atoms with E-state index in [0.717, 1.165) is 39.7 Å². The van der Waals surface area contributed by atoms with Gasteiger partial charge in [-0.1, -0.05) is 62.2 Å². The van der Waals surface area contributed by atoms with Crippen LogP contribution in [0.4, 0.5) is 0 Å². The fourth-order valence-corrected chi connectivity index (χ4v) is 3.87. The molecule has 4 nitrogen and oxygen atoms in total. The second kappa shape index (κ2) is 9.96. The van der Waals surface area contributed by atoms with Gasteiger partial charge in [-0.2, -0.15) is 0 Å². The number of aliphatic hydroxyl groups is 1. The minimum atomic E-state index is 0.0233. The molecule has 6 heteroatoms. The summed E-state index contributed by atoms with van der Waals surface area (Å²) in [6.45, 7) is 7.59. The highest BCUT2D eigenvalue weighted by Crippen LogP contribution is 2.30. The molecule has 3 aromatic rings. The van der Waals surface area contributed by atoms with Crippen LogP contribution in [0.5, 0.6) is 0 Å². The van der Waals surface area contributed by atoms with Crippen molar-refractivity contribution in [2.24, 2.45) is 0 Å². The summed E-state index contributed by atoms with van der Waals surface area (Å²) in [6.07, 6.45) is 0. The Hall–Kier alpha value is -2.02. The first-order valence-electron chi connectivity index (χ1n) is 9.62. The van der Waals surface area contributed by atoms with Crippen LogP contribution in [-0.2, 0) is 18.1 Å². The number of hydrogen-bond acceptors (Lipinski definition) is 4. The third kappa shape index (κ3) is 5.07. The maximum absolute atomic E-state index is 9.53. The van der Waals surface area contributed by atoms with Crippen LogP contribution in [0.25, 0.3) is 22.6 Å². The fraction of sp³-hybridized carbons (Fsp3) is 0.318. The second-order valence-electron chi connectivity index (χ2n) is 6.98. The monoisotopic (exact) mass is 394 g/mol. The molecule has 0 radical (unpaired) electrons. The summed E-state index contributed by atoms with van der Waals surface area (Å²) in [5.41, 5.74) is 4.98. The number of aryl methyl sites for hydroxylation is 1. The van der Waals surface area contributed by atoms with Gasteiger partial charge in [0, 0.05) is 16.9 Å². The highest BCUT2D eigenvalue weighted by Gasteiger charge is 2.17. The standard InChI is InChI=1S/C22H27BN2O2S/c1-17-21(20-11-7-8-18(14-20)15-26)25(16-27-12-13-28-23(2)3)22(24-17)19-9-5-4-6-10-19/h4-11,14,26H,12-13,15-16H2,1-3H3. The summed E-state index contributed by atoms with van der Waals surface area (Å²) in [5, 5.41) is 9.53. The fourth-order valence-electron chi connectivity index (χ4n) is 3.19. The van der Waals surface area contributed by atoms with E-state index in [2.05, 4.69) is 36.4 Å². The van der Waals surface area contributed by atoms with Gasteiger partial charge in [-0.3, -0.25) is 4.57 Å². The Morgan fingerprint density at radius 1 is 1.07 bits per heavy atom. The Balaban J connectivity index is 1.95. The van der Waals surface area contributed by atoms with Gasteiger partial charge in [0.2, 0.25) is 5.99 Å². The van der Waals surface area contributed by atoms with Crippen LogP contribution in [0.3, 0.4) is 0 Å². The van der Waals surface area contributed by atoms with E-state index < -0.39 is 0 Å². The number of aliphatic hydroxyl groups excluding tert-OH is 1. The molecule has 0 aliphatic carbocycles. The number of rotatable bonds is 9. The van der Waals surface area contributed by atoms with Gasteiger partial charge in [-0.25, -0.2) is 16.6 Å². The van der Waals surface area contributed by atoms with E-state index >= 15 is 0 Å². The lowest BCUT2D eigenvalue weighted by Gasteiger charge is -2.14. The average molecular weight is 394 g/mol. The predicted molar refractivity (Wildman–Crippen MR) is 120 cm³/mol. The van der Waals surface area contributed by atoms with Crippen molar-refractivity contribution in [1.29, 1.82) is 0 Å². The second-order valence-corrected chi connectivity index (χ2v) is 8.66. The smallest absolute Gasteiger partial charge is 0.203 e. The lowest BCUT2D eigenvalue weighted by atomic mass is 9.84. The molecule has 0 aliphatic rings. The number of ether oxygens (including phenoxy) is 1. The van der Waals surface area contributed by atoms with Gasteiger partial charge in [0.1, 0.15) is 12.6 Å². The van der Waals surface area contributed by atoms with Crippen molar-refractivity contribution in [3.05, 3.63) is 65.9 Å². The van der Waals surface area contributed by atoms with Crippen molar-refractivity contribution >= 4 is 17.6 Å². The van der Waals surface area contributed by atoms with Crippen LogP contribution in [0.2, 0.25) is 13.6 Å². The van der Waals surface area contributed by atoms with E-state index in [4.69, 9.17) is 9.72 Å². The van der Waals surface area contributed by atoms with E-state index in [-0.39, 0.29) is 6.61 Å². The molecule has 3 rings (SSSR count). The minimum Gasteiger partial charge on any atom is -0.392 e. The molecule has 0 bridgehead atoms. The number of imidazole rings is 1. The summed E-state index contributed by atoms with van der Waals surface area (Å²) in [4.78, 5) is 4.86. The van der Waals surface area contributed by atoms with Gasteiger partial charge in [0.25, 0.3) is 0 Å². The Morgan fingerprint density at radius 3 is 2.54 bits per heavy atom. The highest BCUT2D eigenvalue weighted by molar-refractivity contribution is 8.25. The molecular formula is C22H27BN2O2S. The van der Waals surface area contributed by atoms with Crippen molar-refractivity contribution in [1.82, 2.24) is 9.55 Å². The maximum Gasteiger partial charge on any atom is 0.203 e. The minimum absolute atomic E-state index is 0.0233. The summed E-state index contributed by atoms with van der Waals surface area (Å²) < 4.78 is 8.16. The third-order valence-electron chi connectivity index (χ3n) is 4.46. The van der Waals surface area contributed by atoms with E-state index in [9.17, 15) is 5.11 Å². The quantitative estimate of drug-likeness (QED) is 0.411.